The number of benzene rings is 1. The monoisotopic (exact) mass is 238 g/mol. The molecule has 5 nitrogen and oxygen atoms in total. The summed E-state index contributed by atoms with van der Waals surface area (Å²) in [5, 5.41) is 6.78. The lowest BCUT2D eigenvalue weighted by Crippen LogP contribution is -2.18. The Hall–Kier alpha value is -1.59. The van der Waals surface area contributed by atoms with Gasteiger partial charge in [0.05, 0.1) is 12.2 Å². The van der Waals surface area contributed by atoms with Crippen molar-refractivity contribution in [1.82, 2.24) is 14.8 Å². The normalized spacial score (nSPS) is 10.7. The van der Waals surface area contributed by atoms with Gasteiger partial charge in [-0.25, -0.2) is 14.5 Å². The number of nitrogens with zero attached hydrogens (tertiary/aromatic N) is 2. The third-order valence-electron chi connectivity index (χ3n) is 2.34. The third-order valence-corrected chi connectivity index (χ3v) is 2.75. The number of aromatic amines is 1. The summed E-state index contributed by atoms with van der Waals surface area (Å²) in [4.78, 5) is 11.5. The highest BCUT2D eigenvalue weighted by Crippen LogP contribution is 2.18. The van der Waals surface area contributed by atoms with E-state index in [4.69, 9.17) is 17.3 Å². The van der Waals surface area contributed by atoms with Gasteiger partial charge in [-0.1, -0.05) is 17.7 Å². The Morgan fingerprint density at radius 1 is 1.56 bits per heavy atom. The minimum atomic E-state index is -0.319. The van der Waals surface area contributed by atoms with Gasteiger partial charge in [-0.05, 0) is 24.6 Å². The van der Waals surface area contributed by atoms with Crippen molar-refractivity contribution < 1.29 is 0 Å². The summed E-state index contributed by atoms with van der Waals surface area (Å²) in [5.41, 5.74) is 6.79. The van der Waals surface area contributed by atoms with Gasteiger partial charge in [-0.3, -0.25) is 0 Å². The maximum atomic E-state index is 11.5. The third kappa shape index (κ3) is 1.75. The number of hydrogen-bond acceptors (Lipinski definition) is 3. The van der Waals surface area contributed by atoms with Crippen LogP contribution in [0.25, 0.3) is 5.69 Å². The van der Waals surface area contributed by atoms with Crippen LogP contribution in [-0.4, -0.2) is 14.8 Å². The first-order valence-corrected chi connectivity index (χ1v) is 5.14. The standard InChI is InChI=1S/C10H11ClN4O/c1-6-2-3-7(4-8(6)11)15-9(5-12)13-14-10(15)16/h2-4H,5,12H2,1H3,(H,14,16). The predicted octanol–water partition coefficient (Wildman–Crippen LogP) is 0.981. The molecule has 0 fully saturated rings. The van der Waals surface area contributed by atoms with Gasteiger partial charge in [-0.15, -0.1) is 0 Å². The van der Waals surface area contributed by atoms with Gasteiger partial charge in [0.2, 0.25) is 0 Å². The molecule has 0 unspecified atom stereocenters. The number of halogens is 1. The molecular formula is C10H11ClN4O. The smallest absolute Gasteiger partial charge is 0.324 e. The lowest BCUT2D eigenvalue weighted by Gasteiger charge is -2.05. The second-order valence-electron chi connectivity index (χ2n) is 3.42. The second kappa shape index (κ2) is 4.11. The molecule has 6 heteroatoms. The topological polar surface area (TPSA) is 76.7 Å². The number of nitrogens with two attached hydrogens (primary N) is 1. The van der Waals surface area contributed by atoms with Gasteiger partial charge in [-0.2, -0.15) is 5.10 Å². The van der Waals surface area contributed by atoms with Gasteiger partial charge in [0.1, 0.15) is 0 Å². The summed E-state index contributed by atoms with van der Waals surface area (Å²) >= 11 is 6.00. The zero-order chi connectivity index (χ0) is 11.7. The van der Waals surface area contributed by atoms with E-state index in [1.807, 2.05) is 13.0 Å². The molecule has 2 rings (SSSR count). The van der Waals surface area contributed by atoms with E-state index in [2.05, 4.69) is 10.2 Å². The molecule has 0 radical (unpaired) electrons. The Balaban J connectivity index is 2.62. The summed E-state index contributed by atoms with van der Waals surface area (Å²) in [6, 6.07) is 5.36. The van der Waals surface area contributed by atoms with Crippen molar-refractivity contribution in [3.8, 4) is 5.69 Å². The Morgan fingerprint density at radius 3 is 2.94 bits per heavy atom. The molecule has 0 amide bonds. The second-order valence-corrected chi connectivity index (χ2v) is 3.83. The van der Waals surface area contributed by atoms with E-state index in [1.54, 1.807) is 12.1 Å². The average molecular weight is 239 g/mol. The van der Waals surface area contributed by atoms with Crippen LogP contribution in [0, 0.1) is 6.92 Å². The number of rotatable bonds is 2. The lowest BCUT2D eigenvalue weighted by molar-refractivity contribution is 0.851. The zero-order valence-electron chi connectivity index (χ0n) is 8.70. The molecular weight excluding hydrogens is 228 g/mol. The van der Waals surface area contributed by atoms with Crippen LogP contribution in [0.15, 0.2) is 23.0 Å². The highest BCUT2D eigenvalue weighted by Gasteiger charge is 2.09. The van der Waals surface area contributed by atoms with E-state index >= 15 is 0 Å². The Morgan fingerprint density at radius 2 is 2.31 bits per heavy atom. The molecule has 0 saturated carbocycles. The number of H-pyrrole nitrogens is 1. The fourth-order valence-electron chi connectivity index (χ4n) is 1.45. The summed E-state index contributed by atoms with van der Waals surface area (Å²) in [5.74, 6) is 0.477. The maximum Gasteiger partial charge on any atom is 0.347 e. The largest absolute Gasteiger partial charge is 0.347 e. The number of hydrogen-bond donors (Lipinski definition) is 2. The van der Waals surface area contributed by atoms with Crippen LogP contribution in [-0.2, 0) is 6.54 Å². The van der Waals surface area contributed by atoms with Gasteiger partial charge in [0.25, 0.3) is 0 Å². The van der Waals surface area contributed by atoms with Crippen molar-refractivity contribution in [3.63, 3.8) is 0 Å². The van der Waals surface area contributed by atoms with E-state index in [0.717, 1.165) is 5.56 Å². The van der Waals surface area contributed by atoms with Crippen molar-refractivity contribution in [2.45, 2.75) is 13.5 Å². The summed E-state index contributed by atoms with van der Waals surface area (Å²) in [6.07, 6.45) is 0. The maximum absolute atomic E-state index is 11.5. The van der Waals surface area contributed by atoms with Crippen LogP contribution in [0.5, 0.6) is 0 Å². The molecule has 0 atom stereocenters. The molecule has 1 aromatic carbocycles. The summed E-state index contributed by atoms with van der Waals surface area (Å²) < 4.78 is 1.41. The van der Waals surface area contributed by atoms with E-state index in [-0.39, 0.29) is 12.2 Å². The molecule has 1 aromatic heterocycles. The van der Waals surface area contributed by atoms with Crippen LogP contribution in [0.4, 0.5) is 0 Å². The van der Waals surface area contributed by atoms with Crippen molar-refractivity contribution in [2.24, 2.45) is 5.73 Å². The zero-order valence-corrected chi connectivity index (χ0v) is 9.45. The first-order valence-electron chi connectivity index (χ1n) is 4.76. The number of aryl methyl sites for hydroxylation is 1. The Labute approximate surface area is 96.8 Å². The molecule has 3 N–H and O–H groups in total. The van der Waals surface area contributed by atoms with Crippen molar-refractivity contribution in [3.05, 3.63) is 45.1 Å². The first-order chi connectivity index (χ1) is 7.63. The van der Waals surface area contributed by atoms with E-state index in [0.29, 0.717) is 16.5 Å². The predicted molar refractivity (Wildman–Crippen MR) is 61.8 cm³/mol. The molecule has 0 aliphatic carbocycles. The molecule has 0 spiro atoms. The highest BCUT2D eigenvalue weighted by atomic mass is 35.5. The first kappa shape index (κ1) is 10.9. The van der Waals surface area contributed by atoms with Crippen molar-refractivity contribution in [2.75, 3.05) is 0 Å². The summed E-state index contributed by atoms with van der Waals surface area (Å²) in [6.45, 7) is 2.08. The van der Waals surface area contributed by atoms with Crippen LogP contribution in [0.2, 0.25) is 5.02 Å². The lowest BCUT2D eigenvalue weighted by atomic mass is 10.2. The molecule has 0 saturated heterocycles. The average Bonchev–Trinajstić information content (AvgIpc) is 2.64. The van der Waals surface area contributed by atoms with Crippen molar-refractivity contribution in [1.29, 1.82) is 0 Å². The van der Waals surface area contributed by atoms with Crippen LogP contribution >= 0.6 is 11.6 Å². The SMILES string of the molecule is Cc1ccc(-n2c(CN)n[nH]c2=O)cc1Cl. The van der Waals surface area contributed by atoms with E-state index in [1.165, 1.54) is 4.57 Å². The Bertz CT molecular complexity index is 572. The van der Waals surface area contributed by atoms with Gasteiger partial charge in [0.15, 0.2) is 5.82 Å². The van der Waals surface area contributed by atoms with Gasteiger partial charge < -0.3 is 5.73 Å². The van der Waals surface area contributed by atoms with Gasteiger partial charge >= 0.3 is 5.69 Å². The Kier molecular flexibility index (Phi) is 2.80. The summed E-state index contributed by atoms with van der Waals surface area (Å²) in [7, 11) is 0. The van der Waals surface area contributed by atoms with Crippen LogP contribution < -0.4 is 11.4 Å². The highest BCUT2D eigenvalue weighted by molar-refractivity contribution is 6.31. The molecule has 84 valence electrons. The number of aromatic nitrogens is 3. The molecule has 16 heavy (non-hydrogen) atoms. The molecule has 0 aliphatic heterocycles. The quantitative estimate of drug-likeness (QED) is 0.819. The molecule has 2 aromatic rings. The number of nitrogens with one attached hydrogen (secondary N) is 1. The van der Waals surface area contributed by atoms with Gasteiger partial charge in [0, 0.05) is 5.02 Å². The molecule has 0 bridgehead atoms. The minimum Gasteiger partial charge on any atom is -0.324 e. The molecule has 0 aliphatic rings. The van der Waals surface area contributed by atoms with Crippen LogP contribution in [0.1, 0.15) is 11.4 Å². The fourth-order valence-corrected chi connectivity index (χ4v) is 1.63. The van der Waals surface area contributed by atoms with Crippen molar-refractivity contribution >= 4 is 11.6 Å². The fraction of sp³-hybridized carbons (Fsp3) is 0.200. The van der Waals surface area contributed by atoms with E-state index < -0.39 is 0 Å². The van der Waals surface area contributed by atoms with Crippen LogP contribution in [0.3, 0.4) is 0 Å². The minimum absolute atomic E-state index is 0.185. The molecule has 1 heterocycles. The van der Waals surface area contributed by atoms with E-state index in [9.17, 15) is 4.79 Å².